The predicted molar refractivity (Wildman–Crippen MR) is 51.7 cm³/mol. The third kappa shape index (κ3) is 7.08. The van der Waals surface area contributed by atoms with Gasteiger partial charge in [-0.05, 0) is 18.8 Å². The van der Waals surface area contributed by atoms with Crippen molar-refractivity contribution in [2.75, 3.05) is 0 Å². The summed E-state index contributed by atoms with van der Waals surface area (Å²) in [5, 5.41) is 0. The molecule has 0 rings (SSSR count). The molecule has 12 heavy (non-hydrogen) atoms. The molecule has 0 saturated heterocycles. The molecule has 1 nitrogen and oxygen atoms in total. The first-order chi connectivity index (χ1) is 5.52. The molecule has 0 atom stereocenters. The fourth-order valence-corrected chi connectivity index (χ4v) is 0.715. The first kappa shape index (κ1) is 11.0. The quantitative estimate of drug-likeness (QED) is 0.356. The molecule has 0 spiro atoms. The molecule has 0 aliphatic rings. The van der Waals surface area contributed by atoms with Crippen LogP contribution in [0.15, 0.2) is 12.2 Å². The minimum Gasteiger partial charge on any atom is -0.285 e. The molecule has 0 aromatic rings. The number of hydrogen-bond donors (Lipinski definition) is 0. The van der Waals surface area contributed by atoms with Crippen LogP contribution in [0.3, 0.4) is 0 Å². The highest BCUT2D eigenvalue weighted by atomic mass is 16.1. The van der Waals surface area contributed by atoms with Crippen molar-refractivity contribution in [1.82, 2.24) is 0 Å². The van der Waals surface area contributed by atoms with E-state index in [-0.39, 0.29) is 5.78 Å². The number of hydrogen-bond acceptors (Lipinski definition) is 1. The maximum atomic E-state index is 11.0. The lowest BCUT2D eigenvalue weighted by Gasteiger charge is -1.95. The van der Waals surface area contributed by atoms with Gasteiger partial charge in [0.25, 0.3) is 0 Å². The van der Waals surface area contributed by atoms with Gasteiger partial charge in [0.2, 0.25) is 5.78 Å². The van der Waals surface area contributed by atoms with Gasteiger partial charge in [0.15, 0.2) is 0 Å². The number of allylic oxidation sites excluding steroid dienone is 1. The number of carbonyl (C=O) groups is 1. The molecule has 0 aliphatic carbocycles. The highest BCUT2D eigenvalue weighted by molar-refractivity contribution is 5.95. The molecule has 0 amide bonds. The van der Waals surface area contributed by atoms with Crippen molar-refractivity contribution in [3.63, 3.8) is 0 Å². The lowest BCUT2D eigenvalue weighted by atomic mass is 10.1. The van der Waals surface area contributed by atoms with Crippen LogP contribution in [0.5, 0.6) is 0 Å². The molecular weight excluding hydrogens is 148 g/mol. The van der Waals surface area contributed by atoms with Gasteiger partial charge in [-0.2, -0.15) is 0 Å². The van der Waals surface area contributed by atoms with Gasteiger partial charge in [-0.25, -0.2) is 0 Å². The van der Waals surface area contributed by atoms with Crippen molar-refractivity contribution < 1.29 is 4.79 Å². The van der Waals surface area contributed by atoms with Gasteiger partial charge in [-0.3, -0.25) is 4.79 Å². The molecule has 66 valence electrons. The Kier molecular flexibility index (Phi) is 5.12. The van der Waals surface area contributed by atoms with Crippen LogP contribution < -0.4 is 0 Å². The van der Waals surface area contributed by atoms with E-state index in [4.69, 9.17) is 0 Å². The van der Waals surface area contributed by atoms with E-state index < -0.39 is 0 Å². The Morgan fingerprint density at radius 2 is 2.08 bits per heavy atom. The second kappa shape index (κ2) is 5.60. The van der Waals surface area contributed by atoms with Gasteiger partial charge in [-0.1, -0.05) is 31.9 Å². The SMILES string of the molecule is C=C(C)CC#CC(=O)CC(C)C. The summed E-state index contributed by atoms with van der Waals surface area (Å²) in [5.74, 6) is 5.82. The zero-order valence-corrected chi connectivity index (χ0v) is 8.11. The molecule has 0 heterocycles. The molecule has 0 unspecified atom stereocenters. The smallest absolute Gasteiger partial charge is 0.205 e. The summed E-state index contributed by atoms with van der Waals surface area (Å²) in [6.45, 7) is 9.63. The number of carbonyl (C=O) groups excluding carboxylic acids is 1. The summed E-state index contributed by atoms with van der Waals surface area (Å²) in [5.41, 5.74) is 1.000. The van der Waals surface area contributed by atoms with Crippen LogP contribution in [0.1, 0.15) is 33.6 Å². The van der Waals surface area contributed by atoms with E-state index in [1.54, 1.807) is 0 Å². The normalized spacial score (nSPS) is 9.00. The van der Waals surface area contributed by atoms with Gasteiger partial charge in [0, 0.05) is 12.8 Å². The Balaban J connectivity index is 3.80. The summed E-state index contributed by atoms with van der Waals surface area (Å²) in [6.07, 6.45) is 1.19. The Morgan fingerprint density at radius 3 is 2.50 bits per heavy atom. The topological polar surface area (TPSA) is 17.1 Å². The monoisotopic (exact) mass is 164 g/mol. The third-order valence-corrected chi connectivity index (χ3v) is 1.21. The van der Waals surface area contributed by atoms with E-state index in [9.17, 15) is 4.79 Å². The van der Waals surface area contributed by atoms with Crippen molar-refractivity contribution in [2.45, 2.75) is 33.6 Å². The summed E-state index contributed by atoms with van der Waals surface area (Å²) >= 11 is 0. The van der Waals surface area contributed by atoms with Gasteiger partial charge in [-0.15, -0.1) is 0 Å². The van der Waals surface area contributed by atoms with Crippen molar-refractivity contribution >= 4 is 5.78 Å². The minimum atomic E-state index is 0.0336. The van der Waals surface area contributed by atoms with Crippen LogP contribution in [0.4, 0.5) is 0 Å². The zero-order valence-electron chi connectivity index (χ0n) is 8.11. The lowest BCUT2D eigenvalue weighted by Crippen LogP contribution is -1.98. The first-order valence-corrected chi connectivity index (χ1v) is 4.18. The standard InChI is InChI=1S/C11H16O/c1-9(2)6-5-7-11(12)8-10(3)4/h10H,1,6,8H2,2-4H3. The van der Waals surface area contributed by atoms with Gasteiger partial charge in [0.1, 0.15) is 0 Å². The average molecular weight is 164 g/mol. The number of ketones is 1. The Labute approximate surface area is 74.9 Å². The van der Waals surface area contributed by atoms with E-state index in [0.717, 1.165) is 5.57 Å². The fourth-order valence-electron chi connectivity index (χ4n) is 0.715. The maximum Gasteiger partial charge on any atom is 0.205 e. The van der Waals surface area contributed by atoms with Crippen LogP contribution >= 0.6 is 0 Å². The van der Waals surface area contributed by atoms with Crippen molar-refractivity contribution in [3.8, 4) is 11.8 Å². The summed E-state index contributed by atoms with van der Waals surface area (Å²) in [4.78, 5) is 11.0. The van der Waals surface area contributed by atoms with E-state index in [1.165, 1.54) is 0 Å². The Morgan fingerprint density at radius 1 is 1.50 bits per heavy atom. The summed E-state index contributed by atoms with van der Waals surface area (Å²) in [7, 11) is 0. The Bertz CT molecular complexity index is 225. The molecule has 0 saturated carbocycles. The summed E-state index contributed by atoms with van der Waals surface area (Å²) < 4.78 is 0. The fraction of sp³-hybridized carbons (Fsp3) is 0.545. The molecule has 0 fully saturated rings. The largest absolute Gasteiger partial charge is 0.285 e. The van der Waals surface area contributed by atoms with Crippen molar-refractivity contribution in [2.24, 2.45) is 5.92 Å². The van der Waals surface area contributed by atoms with E-state index >= 15 is 0 Å². The molecule has 1 heteroatoms. The maximum absolute atomic E-state index is 11.0. The van der Waals surface area contributed by atoms with Crippen LogP contribution in [0, 0.1) is 17.8 Å². The molecule has 0 bridgehead atoms. The van der Waals surface area contributed by atoms with Crippen LogP contribution in [0.2, 0.25) is 0 Å². The molecule has 0 N–H and O–H groups in total. The second-order valence-corrected chi connectivity index (χ2v) is 3.46. The van der Waals surface area contributed by atoms with Gasteiger partial charge >= 0.3 is 0 Å². The molecule has 0 aromatic heterocycles. The van der Waals surface area contributed by atoms with Crippen LogP contribution in [-0.4, -0.2) is 5.78 Å². The summed E-state index contributed by atoms with van der Waals surface area (Å²) in [6, 6.07) is 0. The predicted octanol–water partition coefficient (Wildman–Crippen LogP) is 2.57. The van der Waals surface area contributed by atoms with Gasteiger partial charge in [0.05, 0.1) is 0 Å². The highest BCUT2D eigenvalue weighted by Gasteiger charge is 1.99. The van der Waals surface area contributed by atoms with Crippen molar-refractivity contribution in [1.29, 1.82) is 0 Å². The second-order valence-electron chi connectivity index (χ2n) is 3.46. The van der Waals surface area contributed by atoms with Gasteiger partial charge < -0.3 is 0 Å². The average Bonchev–Trinajstić information content (AvgIpc) is 1.84. The highest BCUT2D eigenvalue weighted by Crippen LogP contribution is 1.99. The minimum absolute atomic E-state index is 0.0336. The molecule has 0 radical (unpaired) electrons. The number of Topliss-reactive ketones (excluding diaryl/α,β-unsaturated/α-hetero) is 1. The van der Waals surface area contributed by atoms with Crippen molar-refractivity contribution in [3.05, 3.63) is 12.2 Å². The van der Waals surface area contributed by atoms with E-state index in [2.05, 4.69) is 18.4 Å². The lowest BCUT2D eigenvalue weighted by molar-refractivity contribution is -0.114. The molecule has 0 aliphatic heterocycles. The zero-order chi connectivity index (χ0) is 9.56. The first-order valence-electron chi connectivity index (χ1n) is 4.18. The number of rotatable bonds is 3. The molecule has 0 aromatic carbocycles. The van der Waals surface area contributed by atoms with Crippen LogP contribution in [-0.2, 0) is 4.79 Å². The third-order valence-electron chi connectivity index (χ3n) is 1.21. The Hall–Kier alpha value is -1.03. The molecular formula is C11H16O. The van der Waals surface area contributed by atoms with E-state index in [1.807, 2.05) is 20.8 Å². The van der Waals surface area contributed by atoms with Crippen LogP contribution in [0.25, 0.3) is 0 Å². The van der Waals surface area contributed by atoms with E-state index in [0.29, 0.717) is 18.8 Å².